The Kier molecular flexibility index (Phi) is 4.45. The summed E-state index contributed by atoms with van der Waals surface area (Å²) in [5.74, 6) is 0. The summed E-state index contributed by atoms with van der Waals surface area (Å²) in [6.07, 6.45) is 0. The Labute approximate surface area is 86.7 Å². The molecule has 0 aliphatic rings. The number of rotatable bonds is 1. The monoisotopic (exact) mass is 199 g/mol. The smallest absolute Gasteiger partial charge is 0.0178 e. The molecule has 0 heterocycles. The predicted octanol–water partition coefficient (Wildman–Crippen LogP) is 2.86. The van der Waals surface area contributed by atoms with Crippen molar-refractivity contribution < 1.29 is 0 Å². The van der Waals surface area contributed by atoms with Gasteiger partial charge in [0.25, 0.3) is 0 Å². The Hall–Kier alpha value is -0.530. The zero-order valence-electron chi connectivity index (χ0n) is 8.50. The van der Waals surface area contributed by atoms with Gasteiger partial charge in [-0.15, -0.1) is 12.4 Å². The summed E-state index contributed by atoms with van der Waals surface area (Å²) in [4.78, 5) is 0. The van der Waals surface area contributed by atoms with E-state index in [9.17, 15) is 0 Å². The second-order valence-corrected chi connectivity index (χ2v) is 4.15. The molecule has 2 heteroatoms. The fourth-order valence-corrected chi connectivity index (χ4v) is 1.16. The van der Waals surface area contributed by atoms with Crippen molar-refractivity contribution in [3.05, 3.63) is 35.4 Å². The van der Waals surface area contributed by atoms with E-state index in [1.54, 1.807) is 0 Å². The highest BCUT2D eigenvalue weighted by Crippen LogP contribution is 2.22. The normalized spacial score (nSPS) is 10.8. The van der Waals surface area contributed by atoms with Crippen LogP contribution in [0.2, 0.25) is 0 Å². The van der Waals surface area contributed by atoms with Gasteiger partial charge in [-0.1, -0.05) is 45.0 Å². The molecule has 1 aromatic carbocycles. The van der Waals surface area contributed by atoms with Crippen LogP contribution in [0.5, 0.6) is 0 Å². The average Bonchev–Trinajstić information content (AvgIpc) is 2.03. The van der Waals surface area contributed by atoms with Crippen LogP contribution in [0.15, 0.2) is 24.3 Å². The van der Waals surface area contributed by atoms with Gasteiger partial charge in [0.05, 0.1) is 0 Å². The van der Waals surface area contributed by atoms with E-state index in [1.807, 2.05) is 0 Å². The average molecular weight is 200 g/mol. The molecular weight excluding hydrogens is 182 g/mol. The highest BCUT2D eigenvalue weighted by molar-refractivity contribution is 5.85. The molecule has 0 saturated carbocycles. The van der Waals surface area contributed by atoms with Crippen molar-refractivity contribution in [2.75, 3.05) is 0 Å². The molecule has 0 bridgehead atoms. The van der Waals surface area contributed by atoms with Crippen molar-refractivity contribution in [1.82, 2.24) is 0 Å². The molecule has 0 spiro atoms. The Balaban J connectivity index is 0.00000144. The Morgan fingerprint density at radius 3 is 2.31 bits per heavy atom. The van der Waals surface area contributed by atoms with Crippen molar-refractivity contribution in [2.24, 2.45) is 5.73 Å². The summed E-state index contributed by atoms with van der Waals surface area (Å²) >= 11 is 0. The minimum absolute atomic E-state index is 0. The molecule has 2 N–H and O–H groups in total. The Morgan fingerprint density at radius 2 is 1.85 bits per heavy atom. The predicted molar refractivity (Wildman–Crippen MR) is 60.3 cm³/mol. The molecule has 0 saturated heterocycles. The first-order chi connectivity index (χ1) is 5.54. The highest BCUT2D eigenvalue weighted by atomic mass is 35.5. The van der Waals surface area contributed by atoms with Crippen LogP contribution >= 0.6 is 12.4 Å². The van der Waals surface area contributed by atoms with Crippen molar-refractivity contribution in [1.29, 1.82) is 0 Å². The minimum atomic E-state index is 0. The molecule has 0 amide bonds. The van der Waals surface area contributed by atoms with Gasteiger partial charge < -0.3 is 5.73 Å². The summed E-state index contributed by atoms with van der Waals surface area (Å²) in [7, 11) is 0. The molecule has 13 heavy (non-hydrogen) atoms. The SMILES string of the molecule is CC(C)(C)c1cccc(CN)c1.Cl. The van der Waals surface area contributed by atoms with Crippen LogP contribution in [0.4, 0.5) is 0 Å². The maximum atomic E-state index is 5.56. The number of halogens is 1. The first-order valence-electron chi connectivity index (χ1n) is 4.33. The molecule has 0 unspecified atom stereocenters. The maximum absolute atomic E-state index is 5.56. The molecule has 1 aromatic rings. The zero-order valence-corrected chi connectivity index (χ0v) is 9.32. The number of hydrogen-bond donors (Lipinski definition) is 1. The van der Waals surface area contributed by atoms with Crippen LogP contribution in [0.1, 0.15) is 31.9 Å². The lowest BCUT2D eigenvalue weighted by Gasteiger charge is -2.19. The van der Waals surface area contributed by atoms with Crippen LogP contribution in [0, 0.1) is 0 Å². The van der Waals surface area contributed by atoms with E-state index in [-0.39, 0.29) is 17.8 Å². The van der Waals surface area contributed by atoms with E-state index in [1.165, 1.54) is 11.1 Å². The molecule has 0 aliphatic heterocycles. The molecule has 74 valence electrons. The Morgan fingerprint density at radius 1 is 1.23 bits per heavy atom. The van der Waals surface area contributed by atoms with Gasteiger partial charge in [-0.25, -0.2) is 0 Å². The zero-order chi connectivity index (χ0) is 9.19. The van der Waals surface area contributed by atoms with E-state index in [2.05, 4.69) is 45.0 Å². The number of benzene rings is 1. The molecule has 1 nitrogen and oxygen atoms in total. The Bertz CT molecular complexity index is 263. The highest BCUT2D eigenvalue weighted by Gasteiger charge is 2.12. The van der Waals surface area contributed by atoms with E-state index >= 15 is 0 Å². The number of hydrogen-bond acceptors (Lipinski definition) is 1. The topological polar surface area (TPSA) is 26.0 Å². The largest absolute Gasteiger partial charge is 0.326 e. The van der Waals surface area contributed by atoms with Crippen LogP contribution in [-0.4, -0.2) is 0 Å². The quantitative estimate of drug-likeness (QED) is 0.740. The van der Waals surface area contributed by atoms with Crippen molar-refractivity contribution >= 4 is 12.4 Å². The lowest BCUT2D eigenvalue weighted by atomic mass is 9.86. The third-order valence-corrected chi connectivity index (χ3v) is 2.03. The van der Waals surface area contributed by atoms with Crippen LogP contribution < -0.4 is 5.73 Å². The van der Waals surface area contributed by atoms with Gasteiger partial charge in [0.1, 0.15) is 0 Å². The lowest BCUT2D eigenvalue weighted by Crippen LogP contribution is -2.11. The van der Waals surface area contributed by atoms with Crippen LogP contribution in [0.3, 0.4) is 0 Å². The van der Waals surface area contributed by atoms with Gasteiger partial charge in [-0.2, -0.15) is 0 Å². The first-order valence-corrected chi connectivity index (χ1v) is 4.33. The maximum Gasteiger partial charge on any atom is 0.0178 e. The second-order valence-electron chi connectivity index (χ2n) is 4.15. The van der Waals surface area contributed by atoms with Crippen molar-refractivity contribution in [2.45, 2.75) is 32.7 Å². The summed E-state index contributed by atoms with van der Waals surface area (Å²) in [5.41, 5.74) is 8.35. The van der Waals surface area contributed by atoms with Gasteiger partial charge in [0, 0.05) is 6.54 Å². The minimum Gasteiger partial charge on any atom is -0.326 e. The van der Waals surface area contributed by atoms with Gasteiger partial charge in [-0.3, -0.25) is 0 Å². The molecule has 0 aliphatic carbocycles. The molecular formula is C11H18ClN. The third-order valence-electron chi connectivity index (χ3n) is 2.03. The van der Waals surface area contributed by atoms with Gasteiger partial charge >= 0.3 is 0 Å². The molecule has 0 atom stereocenters. The fourth-order valence-electron chi connectivity index (χ4n) is 1.16. The number of nitrogens with two attached hydrogens (primary N) is 1. The van der Waals surface area contributed by atoms with Gasteiger partial charge in [-0.05, 0) is 16.5 Å². The van der Waals surface area contributed by atoms with Crippen LogP contribution in [-0.2, 0) is 12.0 Å². The molecule has 0 aromatic heterocycles. The fraction of sp³-hybridized carbons (Fsp3) is 0.455. The molecule has 1 rings (SSSR count). The van der Waals surface area contributed by atoms with E-state index in [0.29, 0.717) is 6.54 Å². The molecule has 0 fully saturated rings. The van der Waals surface area contributed by atoms with E-state index in [0.717, 1.165) is 0 Å². The lowest BCUT2D eigenvalue weighted by molar-refractivity contribution is 0.589. The summed E-state index contributed by atoms with van der Waals surface area (Å²) in [5, 5.41) is 0. The summed E-state index contributed by atoms with van der Waals surface area (Å²) < 4.78 is 0. The second kappa shape index (κ2) is 4.64. The van der Waals surface area contributed by atoms with Crippen molar-refractivity contribution in [3.8, 4) is 0 Å². The van der Waals surface area contributed by atoms with Crippen molar-refractivity contribution in [3.63, 3.8) is 0 Å². The molecule has 0 radical (unpaired) electrons. The summed E-state index contributed by atoms with van der Waals surface area (Å²) in [6, 6.07) is 8.47. The summed E-state index contributed by atoms with van der Waals surface area (Å²) in [6.45, 7) is 7.26. The standard InChI is InChI=1S/C11H17N.ClH/c1-11(2,3)10-6-4-5-9(7-10)8-12;/h4-7H,8,12H2,1-3H3;1H. The van der Waals surface area contributed by atoms with E-state index in [4.69, 9.17) is 5.73 Å². The van der Waals surface area contributed by atoms with Gasteiger partial charge in [0.2, 0.25) is 0 Å². The van der Waals surface area contributed by atoms with Gasteiger partial charge in [0.15, 0.2) is 0 Å². The third kappa shape index (κ3) is 3.37. The van der Waals surface area contributed by atoms with E-state index < -0.39 is 0 Å². The van der Waals surface area contributed by atoms with Crippen LogP contribution in [0.25, 0.3) is 0 Å². The first kappa shape index (κ1) is 12.5.